The molecule has 0 saturated heterocycles. The topological polar surface area (TPSA) is 63.6 Å². The molecule has 0 radical (unpaired) electrons. The smallest absolute Gasteiger partial charge is 0.305 e. The van der Waals surface area contributed by atoms with Crippen molar-refractivity contribution in [2.75, 3.05) is 7.11 Å². The minimum atomic E-state index is -2.25. The summed E-state index contributed by atoms with van der Waals surface area (Å²) in [5, 5.41) is 10.5. The van der Waals surface area contributed by atoms with Gasteiger partial charge in [-0.3, -0.25) is 9.59 Å². The molecule has 0 aromatic heterocycles. The monoisotopic (exact) mass is 436 g/mol. The van der Waals surface area contributed by atoms with Crippen LogP contribution in [0.2, 0.25) is 0 Å². The highest BCUT2D eigenvalue weighted by Gasteiger charge is 2.65. The Kier molecular flexibility index (Phi) is 5.06. The van der Waals surface area contributed by atoms with Crippen molar-refractivity contribution in [3.05, 3.63) is 0 Å². The summed E-state index contributed by atoms with van der Waals surface area (Å²) in [5.74, 6) is -0.793. The van der Waals surface area contributed by atoms with Crippen molar-refractivity contribution in [3.63, 3.8) is 0 Å². The number of ketones is 1. The third-order valence-electron chi connectivity index (χ3n) is 10.5. The number of methoxy groups -OCH3 is 1. The molecule has 4 saturated carbocycles. The average molecular weight is 437 g/mol. The van der Waals surface area contributed by atoms with Crippen LogP contribution in [0, 0.1) is 52.3 Å². The first-order chi connectivity index (χ1) is 16.3. The number of Topliss-reactive ketones (excluding diaryl/α,β-unsaturated/α-hetero) is 1. The Bertz CT molecular complexity index is 834. The van der Waals surface area contributed by atoms with Crippen molar-refractivity contribution in [1.82, 2.24) is 0 Å². The lowest BCUT2D eigenvalue weighted by atomic mass is 9.42. The van der Waals surface area contributed by atoms with E-state index in [0.29, 0.717) is 31.1 Å². The second-order valence-electron chi connectivity index (χ2n) is 11.6. The van der Waals surface area contributed by atoms with Crippen LogP contribution in [0.4, 0.5) is 0 Å². The van der Waals surface area contributed by atoms with Crippen LogP contribution in [0.25, 0.3) is 0 Å². The molecule has 4 fully saturated rings. The molecule has 4 heteroatoms. The van der Waals surface area contributed by atoms with E-state index in [9.17, 15) is 14.7 Å². The number of hydrogen-bond acceptors (Lipinski definition) is 4. The summed E-state index contributed by atoms with van der Waals surface area (Å²) in [4.78, 5) is 26.0. The summed E-state index contributed by atoms with van der Waals surface area (Å²) in [7, 11) is 1.42. The molecule has 0 unspecified atom stereocenters. The van der Waals surface area contributed by atoms with Gasteiger partial charge in [-0.15, -0.1) is 0 Å². The summed E-state index contributed by atoms with van der Waals surface area (Å²) in [6, 6.07) is 0. The van der Waals surface area contributed by atoms with Crippen molar-refractivity contribution >= 4 is 11.8 Å². The lowest BCUT2D eigenvalue weighted by Gasteiger charge is -2.62. The number of aliphatic hydroxyl groups is 1. The highest BCUT2D eigenvalue weighted by molar-refractivity contribution is 5.86. The molecule has 0 heterocycles. The van der Waals surface area contributed by atoms with E-state index in [1.165, 1.54) is 7.11 Å². The van der Waals surface area contributed by atoms with Gasteiger partial charge >= 0.3 is 5.97 Å². The molecule has 4 aliphatic rings. The first kappa shape index (κ1) is 18.5. The van der Waals surface area contributed by atoms with Gasteiger partial charge in [-0.2, -0.15) is 0 Å². The first-order valence-electron chi connectivity index (χ1n) is 14.6. The normalized spacial score (nSPS) is 50.3. The largest absolute Gasteiger partial charge is 0.469 e. The quantitative estimate of drug-likeness (QED) is 0.585. The van der Waals surface area contributed by atoms with E-state index in [0.717, 1.165) is 38.5 Å². The molecule has 31 heavy (non-hydrogen) atoms. The van der Waals surface area contributed by atoms with Crippen LogP contribution in [0.5, 0.6) is 0 Å². The zero-order valence-corrected chi connectivity index (χ0v) is 19.7. The lowest BCUT2D eigenvalue weighted by Crippen LogP contribution is -2.60. The van der Waals surface area contributed by atoms with Crippen LogP contribution in [0.1, 0.15) is 97.3 Å². The molecule has 0 aromatic carbocycles. The lowest BCUT2D eigenvalue weighted by molar-refractivity contribution is -0.173. The van der Waals surface area contributed by atoms with Crippen LogP contribution in [-0.4, -0.2) is 30.1 Å². The number of aliphatic hydroxyl groups excluding tert-OH is 1. The Balaban J connectivity index is 1.68. The number of ether oxygens (including phenoxy) is 1. The average Bonchev–Trinajstić information content (AvgIpc) is 3.15. The third-order valence-corrected chi connectivity index (χ3v) is 10.5. The van der Waals surface area contributed by atoms with Gasteiger partial charge in [0.25, 0.3) is 0 Å². The van der Waals surface area contributed by atoms with Gasteiger partial charge < -0.3 is 9.84 Å². The van der Waals surface area contributed by atoms with Gasteiger partial charge in [0.2, 0.25) is 0 Å². The van der Waals surface area contributed by atoms with Gasteiger partial charge in [0.15, 0.2) is 0 Å². The minimum Gasteiger partial charge on any atom is -0.469 e. The Morgan fingerprint density at radius 2 is 1.90 bits per heavy atom. The predicted molar refractivity (Wildman–Crippen MR) is 121 cm³/mol. The summed E-state index contributed by atoms with van der Waals surface area (Å²) in [6.07, 6.45) is 4.09. The Morgan fingerprint density at radius 1 is 1.19 bits per heavy atom. The van der Waals surface area contributed by atoms with Gasteiger partial charge in [-0.05, 0) is 98.2 Å². The van der Waals surface area contributed by atoms with Crippen LogP contribution < -0.4 is 0 Å². The standard InChI is InChI=1S/C27H44O4/c1-6-18-22-15-17(28)11-13-27(22,4)21-12-14-26(3)19(16(2)7-10-23(29)31-5)8-9-20(26)24(21)25(18)30/h16-22,24,28H,6-15H2,1-5H3/t16-,17-,18-,19-,20+,21+,22+,24+,26-,27-/m1/s1/i1D2,6D2. The molecule has 0 bridgehead atoms. The molecule has 0 amide bonds. The van der Waals surface area contributed by atoms with E-state index in [1.807, 2.05) is 0 Å². The highest BCUT2D eigenvalue weighted by Crippen LogP contribution is 2.68. The van der Waals surface area contributed by atoms with Gasteiger partial charge in [0, 0.05) is 23.7 Å². The summed E-state index contributed by atoms with van der Waals surface area (Å²) >= 11 is 0. The number of hydrogen-bond donors (Lipinski definition) is 1. The van der Waals surface area contributed by atoms with Crippen molar-refractivity contribution < 1.29 is 24.9 Å². The second-order valence-corrected chi connectivity index (χ2v) is 11.6. The van der Waals surface area contributed by atoms with E-state index >= 15 is 0 Å². The van der Waals surface area contributed by atoms with Crippen LogP contribution in [0.15, 0.2) is 0 Å². The Labute approximate surface area is 194 Å². The molecule has 176 valence electrons. The third kappa shape index (κ3) is 3.60. The molecule has 4 rings (SSSR count). The molecule has 4 aliphatic carbocycles. The zero-order chi connectivity index (χ0) is 25.9. The van der Waals surface area contributed by atoms with Crippen molar-refractivity contribution in [2.45, 2.75) is 97.9 Å². The van der Waals surface area contributed by atoms with Crippen LogP contribution in [0.3, 0.4) is 0 Å². The molecule has 0 spiro atoms. The van der Waals surface area contributed by atoms with Crippen molar-refractivity contribution in [1.29, 1.82) is 0 Å². The van der Waals surface area contributed by atoms with E-state index in [1.54, 1.807) is 0 Å². The molecule has 10 atom stereocenters. The summed E-state index contributed by atoms with van der Waals surface area (Å²) in [5.41, 5.74) is -0.303. The summed E-state index contributed by atoms with van der Waals surface area (Å²) < 4.78 is 38.2. The van der Waals surface area contributed by atoms with E-state index in [2.05, 4.69) is 20.8 Å². The molecule has 4 nitrogen and oxygen atoms in total. The molecule has 0 aliphatic heterocycles. The van der Waals surface area contributed by atoms with Gasteiger partial charge in [-0.25, -0.2) is 0 Å². The molecular weight excluding hydrogens is 388 g/mol. The van der Waals surface area contributed by atoms with E-state index < -0.39 is 25.3 Å². The Hall–Kier alpha value is -0.900. The maximum atomic E-state index is 14.3. The number of carbonyl (C=O) groups is 2. The number of rotatable bonds is 5. The maximum absolute atomic E-state index is 14.3. The van der Waals surface area contributed by atoms with Gasteiger partial charge in [-0.1, -0.05) is 27.6 Å². The second kappa shape index (κ2) is 8.47. The van der Waals surface area contributed by atoms with Crippen molar-refractivity contribution in [2.24, 2.45) is 52.3 Å². The van der Waals surface area contributed by atoms with Gasteiger partial charge in [0.05, 0.1) is 13.2 Å². The molecular formula is C27H44O4. The summed E-state index contributed by atoms with van der Waals surface area (Å²) in [6.45, 7) is 4.98. The van der Waals surface area contributed by atoms with E-state index in [4.69, 9.17) is 10.2 Å². The number of esters is 1. The fourth-order valence-corrected chi connectivity index (χ4v) is 8.82. The number of carbonyl (C=O) groups excluding carboxylic acids is 2. The first-order valence-corrected chi connectivity index (χ1v) is 12.4. The molecule has 0 aromatic rings. The zero-order valence-electron chi connectivity index (χ0n) is 23.7. The van der Waals surface area contributed by atoms with E-state index in [-0.39, 0.29) is 46.3 Å². The fourth-order valence-electron chi connectivity index (χ4n) is 8.82. The fraction of sp³-hybridized carbons (Fsp3) is 0.926. The SMILES string of the molecule is [2H]C([2H])C([2H])([2H])[C@H]1C(=O)[C@@H]2[C@H](CC[C@]3(C)[C@@H]([C@H](C)CCC(=O)OC)CC[C@@H]23)[C@@]2(C)CC[C@@H](O)C[C@@H]12. The van der Waals surface area contributed by atoms with Crippen molar-refractivity contribution in [3.8, 4) is 0 Å². The Morgan fingerprint density at radius 3 is 2.61 bits per heavy atom. The maximum Gasteiger partial charge on any atom is 0.305 e. The molecule has 1 N–H and O–H groups in total. The van der Waals surface area contributed by atoms with Crippen LogP contribution in [-0.2, 0) is 14.3 Å². The number of fused-ring (bicyclic) bond motifs is 5. The predicted octanol–water partition coefficient (Wildman–Crippen LogP) is 5.41. The minimum absolute atomic E-state index is 0.0394. The highest BCUT2D eigenvalue weighted by atomic mass is 16.5. The van der Waals surface area contributed by atoms with Crippen LogP contribution >= 0.6 is 0 Å². The van der Waals surface area contributed by atoms with Gasteiger partial charge in [0.1, 0.15) is 5.78 Å².